The van der Waals surface area contributed by atoms with Gasteiger partial charge in [-0.2, -0.15) is 0 Å². The van der Waals surface area contributed by atoms with Crippen molar-refractivity contribution in [1.29, 1.82) is 0 Å². The minimum absolute atomic E-state index is 0.0885. The molecule has 0 aromatic heterocycles. The molecule has 0 fully saturated rings. The third kappa shape index (κ3) is 26.0. The molecule has 0 saturated heterocycles. The van der Waals surface area contributed by atoms with Crippen molar-refractivity contribution >= 4 is 43.8 Å². The number of esters is 2. The van der Waals surface area contributed by atoms with Gasteiger partial charge in [-0.25, -0.2) is 0 Å². The number of ether oxygens (including phenoxy) is 2. The summed E-state index contributed by atoms with van der Waals surface area (Å²) in [5.41, 5.74) is 0. The lowest BCUT2D eigenvalue weighted by Crippen LogP contribution is -2.05. The Morgan fingerprint density at radius 3 is 0.871 bits per heavy atom. The highest BCUT2D eigenvalue weighted by atomic mass is 79.9. The Labute approximate surface area is 208 Å². The van der Waals surface area contributed by atoms with Gasteiger partial charge in [-0.3, -0.25) is 9.59 Å². The summed E-state index contributed by atoms with van der Waals surface area (Å²) >= 11 is 6.49. The summed E-state index contributed by atoms with van der Waals surface area (Å²) in [6, 6.07) is 0. The lowest BCUT2D eigenvalue weighted by atomic mass is 10.0. The van der Waals surface area contributed by atoms with Gasteiger partial charge < -0.3 is 9.47 Å². The van der Waals surface area contributed by atoms with Gasteiger partial charge in [0.25, 0.3) is 0 Å². The summed E-state index contributed by atoms with van der Waals surface area (Å²) in [7, 11) is 0. The largest absolute Gasteiger partial charge is 0.466 e. The molecular weight excluding hydrogens is 524 g/mol. The maximum absolute atomic E-state index is 11.2. The highest BCUT2D eigenvalue weighted by molar-refractivity contribution is 9.09. The van der Waals surface area contributed by atoms with Crippen LogP contribution in [0.15, 0.2) is 0 Å². The van der Waals surface area contributed by atoms with Gasteiger partial charge in [-0.1, -0.05) is 128 Å². The van der Waals surface area contributed by atoms with Crippen LogP contribution in [-0.2, 0) is 19.1 Å². The van der Waals surface area contributed by atoms with Gasteiger partial charge in [-0.15, -0.1) is 0 Å². The van der Waals surface area contributed by atoms with Gasteiger partial charge in [-0.05, 0) is 12.8 Å². The third-order valence-corrected chi connectivity index (χ3v) is 6.21. The lowest BCUT2D eigenvalue weighted by molar-refractivity contribution is -0.144. The highest BCUT2D eigenvalue weighted by Gasteiger charge is 2.01. The Balaban J connectivity index is 3.08. The molecule has 184 valence electrons. The average molecular weight is 570 g/mol. The molecule has 0 rings (SSSR count). The molecule has 0 aromatic carbocycles. The molecule has 0 aliphatic rings. The van der Waals surface area contributed by atoms with E-state index in [1.54, 1.807) is 0 Å². The summed E-state index contributed by atoms with van der Waals surface area (Å²) in [4.78, 5) is 22.4. The normalized spacial score (nSPS) is 10.9. The van der Waals surface area contributed by atoms with E-state index in [2.05, 4.69) is 31.9 Å². The summed E-state index contributed by atoms with van der Waals surface area (Å²) in [6.45, 7) is 1.17. The van der Waals surface area contributed by atoms with Crippen LogP contribution in [0.1, 0.15) is 122 Å². The van der Waals surface area contributed by atoms with E-state index >= 15 is 0 Å². The number of alkyl halides is 2. The van der Waals surface area contributed by atoms with E-state index in [-0.39, 0.29) is 11.9 Å². The van der Waals surface area contributed by atoms with Crippen molar-refractivity contribution in [2.75, 3.05) is 23.9 Å². The predicted octanol–water partition coefficient (Wildman–Crippen LogP) is 8.27. The minimum Gasteiger partial charge on any atom is -0.466 e. The van der Waals surface area contributed by atoms with Crippen molar-refractivity contribution in [3.05, 3.63) is 0 Å². The molecule has 0 aliphatic carbocycles. The van der Waals surface area contributed by atoms with Crippen molar-refractivity contribution in [2.24, 2.45) is 0 Å². The summed E-state index contributed by atoms with van der Waals surface area (Å²) in [5.74, 6) is -0.177. The van der Waals surface area contributed by atoms with Crippen molar-refractivity contribution in [3.8, 4) is 0 Å². The molecule has 0 atom stereocenters. The number of hydrogen-bond donors (Lipinski definition) is 0. The minimum atomic E-state index is -0.0885. The van der Waals surface area contributed by atoms with Crippen LogP contribution in [0.25, 0.3) is 0 Å². The summed E-state index contributed by atoms with van der Waals surface area (Å²) in [6.07, 6.45) is 22.8. The maximum Gasteiger partial charge on any atom is 0.306 e. The molecule has 4 nitrogen and oxygen atoms in total. The van der Waals surface area contributed by atoms with Crippen LogP contribution in [0.4, 0.5) is 0 Å². The molecule has 0 amide bonds. The average Bonchev–Trinajstić information content (AvgIpc) is 2.75. The molecule has 0 radical (unpaired) electrons. The van der Waals surface area contributed by atoms with Gasteiger partial charge in [0.15, 0.2) is 0 Å². The predicted molar refractivity (Wildman–Crippen MR) is 137 cm³/mol. The van der Waals surface area contributed by atoms with Gasteiger partial charge >= 0.3 is 11.9 Å². The fraction of sp³-hybridized carbons (Fsp3) is 0.920. The van der Waals surface area contributed by atoms with Crippen molar-refractivity contribution in [3.63, 3.8) is 0 Å². The quantitative estimate of drug-likeness (QED) is 0.0666. The van der Waals surface area contributed by atoms with Crippen molar-refractivity contribution in [2.45, 2.75) is 122 Å². The molecule has 31 heavy (non-hydrogen) atoms. The zero-order valence-corrected chi connectivity index (χ0v) is 22.8. The first-order chi connectivity index (χ1) is 15.2. The van der Waals surface area contributed by atoms with Gasteiger partial charge in [0, 0.05) is 10.7 Å². The van der Waals surface area contributed by atoms with Crippen LogP contribution in [0.3, 0.4) is 0 Å². The lowest BCUT2D eigenvalue weighted by Gasteiger charge is -2.05. The second-order valence-electron chi connectivity index (χ2n) is 8.33. The van der Waals surface area contributed by atoms with Crippen LogP contribution >= 0.6 is 31.9 Å². The Bertz CT molecular complexity index is 369. The van der Waals surface area contributed by atoms with Gasteiger partial charge in [0.05, 0.1) is 26.1 Å². The second kappa shape index (κ2) is 26.2. The first-order valence-electron chi connectivity index (χ1n) is 12.6. The number of hydrogen-bond acceptors (Lipinski definition) is 4. The van der Waals surface area contributed by atoms with E-state index < -0.39 is 0 Å². The fourth-order valence-electron chi connectivity index (χ4n) is 3.53. The standard InChI is InChI=1S/C25H46Br2O4/c26-20-18-24(28)30-22-16-14-12-10-8-6-4-2-1-3-5-7-9-11-13-15-17-23-31-25(29)19-21-27/h1-23H2. The smallest absolute Gasteiger partial charge is 0.306 e. The number of unbranched alkanes of at least 4 members (excludes halogenated alkanes) is 16. The summed E-state index contributed by atoms with van der Waals surface area (Å²) < 4.78 is 10.3. The zero-order valence-electron chi connectivity index (χ0n) is 19.7. The molecule has 0 N–H and O–H groups in total. The Kier molecular flexibility index (Phi) is 26.1. The number of carbonyl (C=O) groups excluding carboxylic acids is 2. The molecular formula is C25H46Br2O4. The molecule has 0 aliphatic heterocycles. The molecule has 0 heterocycles. The molecule has 0 aromatic rings. The molecule has 0 saturated carbocycles. The number of carbonyl (C=O) groups is 2. The van der Waals surface area contributed by atoms with Crippen LogP contribution in [0.2, 0.25) is 0 Å². The molecule has 0 bridgehead atoms. The topological polar surface area (TPSA) is 52.6 Å². The van der Waals surface area contributed by atoms with E-state index in [1.165, 1.54) is 96.3 Å². The third-order valence-electron chi connectivity index (χ3n) is 5.41. The maximum atomic E-state index is 11.2. The van der Waals surface area contributed by atoms with Gasteiger partial charge in [0.1, 0.15) is 0 Å². The first kappa shape index (κ1) is 30.9. The molecule has 0 unspecified atom stereocenters. The number of halogens is 2. The Morgan fingerprint density at radius 2 is 0.645 bits per heavy atom. The first-order valence-corrected chi connectivity index (χ1v) is 14.9. The van der Waals surface area contributed by atoms with Crippen LogP contribution in [0, 0.1) is 0 Å². The highest BCUT2D eigenvalue weighted by Crippen LogP contribution is 2.14. The Hall–Kier alpha value is -0.100. The van der Waals surface area contributed by atoms with E-state index in [0.717, 1.165) is 12.8 Å². The van der Waals surface area contributed by atoms with Crippen molar-refractivity contribution < 1.29 is 19.1 Å². The second-order valence-corrected chi connectivity index (χ2v) is 9.92. The van der Waals surface area contributed by atoms with Crippen LogP contribution in [0.5, 0.6) is 0 Å². The van der Waals surface area contributed by atoms with Crippen LogP contribution < -0.4 is 0 Å². The number of rotatable bonds is 24. The molecule has 0 spiro atoms. The SMILES string of the molecule is O=C(CCBr)OCCCCCCCCCCCCCCCCCCCOC(=O)CCBr. The van der Waals surface area contributed by atoms with E-state index in [4.69, 9.17) is 9.47 Å². The van der Waals surface area contributed by atoms with Crippen LogP contribution in [-0.4, -0.2) is 35.8 Å². The monoisotopic (exact) mass is 568 g/mol. The fourth-order valence-corrected chi connectivity index (χ4v) is 4.17. The van der Waals surface area contributed by atoms with E-state index in [0.29, 0.717) is 36.7 Å². The van der Waals surface area contributed by atoms with Crippen molar-refractivity contribution in [1.82, 2.24) is 0 Å². The van der Waals surface area contributed by atoms with Gasteiger partial charge in [0.2, 0.25) is 0 Å². The van der Waals surface area contributed by atoms with E-state index in [9.17, 15) is 9.59 Å². The van der Waals surface area contributed by atoms with E-state index in [1.807, 2.05) is 0 Å². The zero-order chi connectivity index (χ0) is 22.8. The molecule has 6 heteroatoms. The summed E-state index contributed by atoms with van der Waals surface area (Å²) in [5, 5.41) is 1.37. The Morgan fingerprint density at radius 1 is 0.419 bits per heavy atom.